The van der Waals surface area contributed by atoms with Crippen LogP contribution in [0.5, 0.6) is 11.5 Å². The maximum absolute atomic E-state index is 9.45. The molecule has 14 heavy (non-hydrogen) atoms. The summed E-state index contributed by atoms with van der Waals surface area (Å²) < 4.78 is 5.02. The van der Waals surface area contributed by atoms with Crippen LogP contribution in [0.15, 0.2) is 12.4 Å². The van der Waals surface area contributed by atoms with Gasteiger partial charge in [-0.2, -0.15) is 0 Å². The third kappa shape index (κ3) is 1.93. The van der Waals surface area contributed by atoms with Crippen molar-refractivity contribution in [3.8, 4) is 11.5 Å². The van der Waals surface area contributed by atoms with Crippen LogP contribution >= 0.6 is 11.6 Å². The number of hydrogen-bond acceptors (Lipinski definition) is 3. The Bertz CT molecular complexity index is 458. The van der Waals surface area contributed by atoms with Gasteiger partial charge >= 0.3 is 51.4 Å². The molecule has 0 spiro atoms. The summed E-state index contributed by atoms with van der Waals surface area (Å²) in [4.78, 5) is 6.70. The summed E-state index contributed by atoms with van der Waals surface area (Å²) in [7, 11) is 1.51. The number of H-pyrrole nitrogens is 1. The molecule has 2 aromatic rings. The van der Waals surface area contributed by atoms with E-state index in [1.807, 2.05) is 0 Å². The monoisotopic (exact) mass is 238 g/mol. The second-order valence-electron chi connectivity index (χ2n) is 2.54. The Balaban J connectivity index is 0.000000980. The number of aromatic amines is 1. The molecule has 4 nitrogen and oxygen atoms in total. The first-order valence-electron chi connectivity index (χ1n) is 3.62. The summed E-state index contributed by atoms with van der Waals surface area (Å²) in [5, 5.41) is 10.3. The van der Waals surface area contributed by atoms with Gasteiger partial charge in [0.15, 0.2) is 5.15 Å². The number of halogens is 1. The Hall–Kier alpha value is 0.216. The summed E-state index contributed by atoms with van der Waals surface area (Å²) in [6.07, 6.45) is 2.92. The zero-order valence-corrected chi connectivity index (χ0v) is 7.59. The fourth-order valence-electron chi connectivity index (χ4n) is 1.22. The van der Waals surface area contributed by atoms with Gasteiger partial charge in [0.25, 0.3) is 0 Å². The first-order chi connectivity index (χ1) is 6.24. The van der Waals surface area contributed by atoms with Crippen LogP contribution in [0.2, 0.25) is 5.15 Å². The van der Waals surface area contributed by atoms with Crippen LogP contribution in [0.25, 0.3) is 10.9 Å². The molecule has 2 heterocycles. The molecular formula is C8H8ClKN2O2. The van der Waals surface area contributed by atoms with Crippen LogP contribution in [-0.4, -0.2) is 73.6 Å². The third-order valence-electron chi connectivity index (χ3n) is 1.83. The van der Waals surface area contributed by atoms with Gasteiger partial charge in [-0.1, -0.05) is 11.6 Å². The van der Waals surface area contributed by atoms with E-state index < -0.39 is 0 Å². The van der Waals surface area contributed by atoms with Gasteiger partial charge in [-0.25, -0.2) is 4.98 Å². The SMILES string of the molecule is COc1cnc(Cl)c2[nH]cc(O)c12.[KH]. The second kappa shape index (κ2) is 4.83. The molecule has 6 heteroatoms. The number of hydrogen-bond donors (Lipinski definition) is 2. The van der Waals surface area contributed by atoms with E-state index in [0.29, 0.717) is 21.8 Å². The van der Waals surface area contributed by atoms with Crippen molar-refractivity contribution in [3.05, 3.63) is 17.5 Å². The summed E-state index contributed by atoms with van der Waals surface area (Å²) in [5.74, 6) is 0.606. The van der Waals surface area contributed by atoms with Crippen molar-refractivity contribution in [1.82, 2.24) is 9.97 Å². The number of fused-ring (bicyclic) bond motifs is 1. The fraction of sp³-hybridized carbons (Fsp3) is 0.125. The van der Waals surface area contributed by atoms with Crippen LogP contribution in [0, 0.1) is 0 Å². The number of nitrogens with one attached hydrogen (secondary N) is 1. The molecule has 0 amide bonds. The van der Waals surface area contributed by atoms with E-state index >= 15 is 0 Å². The van der Waals surface area contributed by atoms with Gasteiger partial charge in [-0.05, 0) is 0 Å². The number of rotatable bonds is 1. The minimum absolute atomic E-state index is 0. The Kier molecular flexibility index (Phi) is 4.24. The van der Waals surface area contributed by atoms with E-state index in [4.69, 9.17) is 16.3 Å². The van der Waals surface area contributed by atoms with Crippen LogP contribution in [-0.2, 0) is 0 Å². The van der Waals surface area contributed by atoms with Gasteiger partial charge in [0.05, 0.1) is 24.2 Å². The zero-order chi connectivity index (χ0) is 9.42. The van der Waals surface area contributed by atoms with Crippen molar-refractivity contribution in [2.45, 2.75) is 0 Å². The van der Waals surface area contributed by atoms with Crippen molar-refractivity contribution in [2.24, 2.45) is 0 Å². The number of aromatic nitrogens is 2. The van der Waals surface area contributed by atoms with E-state index in [1.54, 1.807) is 0 Å². The van der Waals surface area contributed by atoms with Gasteiger partial charge in [0, 0.05) is 6.20 Å². The third-order valence-corrected chi connectivity index (χ3v) is 2.11. The summed E-state index contributed by atoms with van der Waals surface area (Å²) in [6, 6.07) is 0. The molecule has 0 aliphatic carbocycles. The number of ether oxygens (including phenoxy) is 1. The van der Waals surface area contributed by atoms with E-state index in [9.17, 15) is 5.11 Å². The van der Waals surface area contributed by atoms with Crippen LogP contribution in [0.3, 0.4) is 0 Å². The molecule has 70 valence electrons. The van der Waals surface area contributed by atoms with E-state index in [1.165, 1.54) is 19.5 Å². The number of pyridine rings is 1. The quantitative estimate of drug-likeness (QED) is 0.581. The van der Waals surface area contributed by atoms with Gasteiger partial charge in [-0.3, -0.25) is 0 Å². The Labute approximate surface area is 128 Å². The van der Waals surface area contributed by atoms with Gasteiger partial charge in [-0.15, -0.1) is 0 Å². The molecule has 0 saturated carbocycles. The minimum atomic E-state index is 0. The molecule has 0 aliphatic rings. The molecule has 2 rings (SSSR count). The number of aromatic hydroxyl groups is 1. The normalized spacial score (nSPS) is 9.86. The Morgan fingerprint density at radius 2 is 2.29 bits per heavy atom. The predicted molar refractivity (Wildman–Crippen MR) is 56.5 cm³/mol. The van der Waals surface area contributed by atoms with Crippen LogP contribution < -0.4 is 4.74 Å². The fourth-order valence-corrected chi connectivity index (χ4v) is 1.42. The van der Waals surface area contributed by atoms with Gasteiger partial charge in [0.2, 0.25) is 0 Å². The van der Waals surface area contributed by atoms with Crippen molar-refractivity contribution in [1.29, 1.82) is 0 Å². The first-order valence-corrected chi connectivity index (χ1v) is 4.00. The van der Waals surface area contributed by atoms with E-state index in [0.717, 1.165) is 0 Å². The summed E-state index contributed by atoms with van der Waals surface area (Å²) >= 11 is 5.79. The molecule has 0 aromatic carbocycles. The molecule has 0 radical (unpaired) electrons. The first kappa shape index (κ1) is 12.3. The molecule has 2 aromatic heterocycles. The molecular weight excluding hydrogens is 231 g/mol. The van der Waals surface area contributed by atoms with Crippen molar-refractivity contribution in [2.75, 3.05) is 7.11 Å². The molecule has 0 bridgehead atoms. The van der Waals surface area contributed by atoms with E-state index in [-0.39, 0.29) is 57.1 Å². The van der Waals surface area contributed by atoms with Crippen LogP contribution in [0.4, 0.5) is 0 Å². The zero-order valence-electron chi connectivity index (χ0n) is 6.84. The van der Waals surface area contributed by atoms with Crippen molar-refractivity contribution < 1.29 is 9.84 Å². The second-order valence-corrected chi connectivity index (χ2v) is 2.90. The summed E-state index contributed by atoms with van der Waals surface area (Å²) in [6.45, 7) is 0. The molecule has 0 fully saturated rings. The van der Waals surface area contributed by atoms with Crippen molar-refractivity contribution >= 4 is 73.9 Å². The topological polar surface area (TPSA) is 58.1 Å². The predicted octanol–water partition coefficient (Wildman–Crippen LogP) is 1.28. The molecule has 0 aliphatic heterocycles. The van der Waals surface area contributed by atoms with Gasteiger partial charge in [0.1, 0.15) is 11.5 Å². The molecule has 0 atom stereocenters. The molecule has 0 unspecified atom stereocenters. The van der Waals surface area contributed by atoms with Gasteiger partial charge < -0.3 is 14.8 Å². The number of nitrogens with zero attached hydrogens (tertiary/aromatic N) is 1. The Morgan fingerprint density at radius 3 is 2.93 bits per heavy atom. The average Bonchev–Trinajstić information content (AvgIpc) is 2.51. The molecule has 2 N–H and O–H groups in total. The van der Waals surface area contributed by atoms with Crippen LogP contribution in [0.1, 0.15) is 0 Å². The number of methoxy groups -OCH3 is 1. The molecule has 0 saturated heterocycles. The van der Waals surface area contributed by atoms with E-state index in [2.05, 4.69) is 9.97 Å². The average molecular weight is 239 g/mol. The maximum atomic E-state index is 9.45. The standard InChI is InChI=1S/C8H7ClN2O2.K.H/c1-13-5-3-11-8(9)7-6(5)4(12)2-10-7;;/h2-3,10,12H,1H3;;. The Morgan fingerprint density at radius 1 is 1.57 bits per heavy atom. The summed E-state index contributed by atoms with van der Waals surface area (Å²) in [5.41, 5.74) is 0.582. The van der Waals surface area contributed by atoms with Crippen molar-refractivity contribution in [3.63, 3.8) is 0 Å².